The molecule has 1 rings (SSSR count). The van der Waals surface area contributed by atoms with E-state index in [9.17, 15) is 0 Å². The molecule has 0 aromatic rings. The molecule has 0 N–H and O–H groups in total. The Kier molecular flexibility index (Phi) is 24.4. The number of hydrogen-bond donors (Lipinski definition) is 0. The monoisotopic (exact) mass is 168 g/mol. The Hall–Kier alpha value is 2.07. The molecule has 0 bridgehead atoms. The summed E-state index contributed by atoms with van der Waals surface area (Å²) in [5.74, 6) is 0. The zero-order valence-electron chi connectivity index (χ0n) is 5.75. The molecule has 0 aliphatic heterocycles. The van der Waals surface area contributed by atoms with Crippen LogP contribution in [0.4, 0.5) is 0 Å². The first-order valence-corrected chi connectivity index (χ1v) is 3.00. The minimum Gasteiger partial charge on any atom is -0.784 e. The van der Waals surface area contributed by atoms with E-state index in [2.05, 4.69) is 0 Å². The molecule has 1 aliphatic rings. The molecule has 0 unspecified atom stereocenters. The number of hydrogen-bond acceptors (Lipinski definition) is 3. The second kappa shape index (κ2) is 12.7. The molecule has 1 fully saturated rings. The van der Waals surface area contributed by atoms with E-state index in [-0.39, 0.29) is 59.1 Å². The molecular formula is C3H6Na2O3S. The summed E-state index contributed by atoms with van der Waals surface area (Å²) >= 11 is -3.11. The minimum absolute atomic E-state index is 0. The average molecular weight is 168 g/mol. The van der Waals surface area contributed by atoms with Gasteiger partial charge < -0.3 is 9.11 Å². The van der Waals surface area contributed by atoms with Gasteiger partial charge in [0.1, 0.15) is 0 Å². The summed E-state index contributed by atoms with van der Waals surface area (Å²) in [5, 5.41) is 0. The van der Waals surface area contributed by atoms with Crippen molar-refractivity contribution in [3.63, 3.8) is 0 Å². The molecule has 0 amide bonds. The third kappa shape index (κ3) is 69.6. The average Bonchev–Trinajstić information content (AvgIpc) is 2.02. The molecule has 3 nitrogen and oxygen atoms in total. The van der Waals surface area contributed by atoms with Gasteiger partial charge in [0.25, 0.3) is 0 Å². The van der Waals surface area contributed by atoms with Crippen molar-refractivity contribution >= 4 is 11.4 Å². The Morgan fingerprint density at radius 2 is 1.11 bits per heavy atom. The van der Waals surface area contributed by atoms with Gasteiger partial charge >= 0.3 is 59.1 Å². The summed E-state index contributed by atoms with van der Waals surface area (Å²) in [5.41, 5.74) is 0. The van der Waals surface area contributed by atoms with Crippen molar-refractivity contribution in [2.45, 2.75) is 19.3 Å². The van der Waals surface area contributed by atoms with Crippen molar-refractivity contribution in [1.82, 2.24) is 0 Å². The molecule has 0 heterocycles. The van der Waals surface area contributed by atoms with Crippen LogP contribution in [0.2, 0.25) is 0 Å². The molecule has 9 heavy (non-hydrogen) atoms. The largest absolute Gasteiger partial charge is 1.00 e. The van der Waals surface area contributed by atoms with Crippen molar-refractivity contribution in [1.29, 1.82) is 0 Å². The van der Waals surface area contributed by atoms with Gasteiger partial charge in [0, 0.05) is 0 Å². The second-order valence-electron chi connectivity index (χ2n) is 1.26. The van der Waals surface area contributed by atoms with Crippen LogP contribution in [-0.4, -0.2) is 13.3 Å². The SMILES string of the molecule is C1CC1.O=S([O-])[O-].[Na+].[Na+]. The molecular weight excluding hydrogens is 162 g/mol. The van der Waals surface area contributed by atoms with E-state index in [1.54, 1.807) is 0 Å². The predicted molar refractivity (Wildman–Crippen MR) is 23.5 cm³/mol. The normalized spacial score (nSPS) is 11.9. The van der Waals surface area contributed by atoms with Gasteiger partial charge in [-0.2, -0.15) is 0 Å². The summed E-state index contributed by atoms with van der Waals surface area (Å²) in [4.78, 5) is 0. The van der Waals surface area contributed by atoms with Crippen molar-refractivity contribution < 1.29 is 72.4 Å². The van der Waals surface area contributed by atoms with E-state index in [1.165, 1.54) is 19.3 Å². The predicted octanol–water partition coefficient (Wildman–Crippen LogP) is -5.83. The van der Waals surface area contributed by atoms with Crippen LogP contribution >= 0.6 is 0 Å². The molecule has 1 saturated carbocycles. The van der Waals surface area contributed by atoms with Gasteiger partial charge in [-0.1, -0.05) is 19.3 Å². The van der Waals surface area contributed by atoms with E-state index in [0.717, 1.165) is 0 Å². The summed E-state index contributed by atoms with van der Waals surface area (Å²) < 4.78 is 25.3. The van der Waals surface area contributed by atoms with Gasteiger partial charge in [0.15, 0.2) is 0 Å². The van der Waals surface area contributed by atoms with E-state index >= 15 is 0 Å². The fourth-order valence-electron chi connectivity index (χ4n) is 0. The third-order valence-electron chi connectivity index (χ3n) is 0.354. The van der Waals surface area contributed by atoms with Gasteiger partial charge in [-0.15, -0.1) is 11.4 Å². The van der Waals surface area contributed by atoms with Crippen molar-refractivity contribution in [3.05, 3.63) is 0 Å². The molecule has 0 aromatic heterocycles. The Bertz CT molecular complexity index is 61.3. The van der Waals surface area contributed by atoms with E-state index < -0.39 is 11.4 Å². The van der Waals surface area contributed by atoms with Crippen molar-refractivity contribution in [2.75, 3.05) is 0 Å². The summed E-state index contributed by atoms with van der Waals surface area (Å²) in [7, 11) is 0. The van der Waals surface area contributed by atoms with E-state index in [0.29, 0.717) is 0 Å². The van der Waals surface area contributed by atoms with E-state index in [4.69, 9.17) is 13.3 Å². The van der Waals surface area contributed by atoms with Crippen molar-refractivity contribution in [3.8, 4) is 0 Å². The van der Waals surface area contributed by atoms with Gasteiger partial charge in [-0.05, 0) is 0 Å². The van der Waals surface area contributed by atoms with Crippen LogP contribution in [0.15, 0.2) is 0 Å². The molecule has 0 aromatic carbocycles. The Labute approximate surface area is 102 Å². The fourth-order valence-corrected chi connectivity index (χ4v) is 0. The quantitative estimate of drug-likeness (QED) is 0.267. The fraction of sp³-hybridized carbons (Fsp3) is 1.00. The first-order valence-electron chi connectivity index (χ1n) is 2.00. The van der Waals surface area contributed by atoms with E-state index in [1.807, 2.05) is 0 Å². The van der Waals surface area contributed by atoms with Crippen LogP contribution < -0.4 is 59.1 Å². The van der Waals surface area contributed by atoms with Crippen LogP contribution in [0.3, 0.4) is 0 Å². The third-order valence-corrected chi connectivity index (χ3v) is 0.354. The van der Waals surface area contributed by atoms with Gasteiger partial charge in [-0.25, -0.2) is 0 Å². The zero-order valence-corrected chi connectivity index (χ0v) is 10.6. The topological polar surface area (TPSA) is 63.2 Å². The first-order chi connectivity index (χ1) is 3.23. The molecule has 0 spiro atoms. The maximum atomic E-state index is 8.44. The van der Waals surface area contributed by atoms with Crippen LogP contribution in [0.5, 0.6) is 0 Å². The molecule has 0 atom stereocenters. The molecule has 0 saturated heterocycles. The Morgan fingerprint density at radius 3 is 1.11 bits per heavy atom. The standard InChI is InChI=1S/C3H6.2Na.H2O3S/c1-2-3-1;;;1-4(2)3/h1-3H2;;;(H2,1,2,3)/q;2*+1;/p-2. The summed E-state index contributed by atoms with van der Waals surface area (Å²) in [6.45, 7) is 0. The molecule has 6 heteroatoms. The first kappa shape index (κ1) is 17.2. The Balaban J connectivity index is -0.0000000660. The number of rotatable bonds is 0. The van der Waals surface area contributed by atoms with Gasteiger partial charge in [0.05, 0.1) is 0 Å². The maximum Gasteiger partial charge on any atom is 1.00 e. The second-order valence-corrected chi connectivity index (χ2v) is 1.67. The molecule has 1 aliphatic carbocycles. The van der Waals surface area contributed by atoms with Gasteiger partial charge in [0.2, 0.25) is 0 Å². The Morgan fingerprint density at radius 1 is 1.00 bits per heavy atom. The van der Waals surface area contributed by atoms with Crippen LogP contribution in [0, 0.1) is 0 Å². The minimum atomic E-state index is -3.11. The zero-order chi connectivity index (χ0) is 5.70. The van der Waals surface area contributed by atoms with Gasteiger partial charge in [-0.3, -0.25) is 4.21 Å². The molecule has 44 valence electrons. The molecule has 0 radical (unpaired) electrons. The van der Waals surface area contributed by atoms with Crippen LogP contribution in [0.1, 0.15) is 19.3 Å². The van der Waals surface area contributed by atoms with Crippen LogP contribution in [-0.2, 0) is 11.4 Å². The summed E-state index contributed by atoms with van der Waals surface area (Å²) in [6, 6.07) is 0. The summed E-state index contributed by atoms with van der Waals surface area (Å²) in [6.07, 6.45) is 4.50. The van der Waals surface area contributed by atoms with Crippen molar-refractivity contribution in [2.24, 2.45) is 0 Å². The maximum absolute atomic E-state index is 8.44. The van der Waals surface area contributed by atoms with Crippen LogP contribution in [0.25, 0.3) is 0 Å². The smallest absolute Gasteiger partial charge is 0.784 e.